The summed E-state index contributed by atoms with van der Waals surface area (Å²) in [7, 11) is 1.44. The van der Waals surface area contributed by atoms with Crippen LogP contribution in [0.1, 0.15) is 39.5 Å². The van der Waals surface area contributed by atoms with E-state index in [0.29, 0.717) is 32.5 Å². The number of aliphatic hydroxyl groups is 1. The molecule has 1 heterocycles. The Morgan fingerprint density at radius 2 is 1.84 bits per heavy atom. The van der Waals surface area contributed by atoms with Crippen molar-refractivity contribution in [3.8, 4) is 0 Å². The minimum atomic E-state index is -0.733. The summed E-state index contributed by atoms with van der Waals surface area (Å²) in [5.74, 6) is -0.746. The largest absolute Gasteiger partial charge is 0.460 e. The molecule has 1 fully saturated rings. The summed E-state index contributed by atoms with van der Waals surface area (Å²) < 4.78 is 20.5. The van der Waals surface area contributed by atoms with Crippen LogP contribution in [0.25, 0.3) is 0 Å². The van der Waals surface area contributed by atoms with Gasteiger partial charge in [0, 0.05) is 59.6 Å². The second-order valence-electron chi connectivity index (χ2n) is 7.21. The molecule has 0 bridgehead atoms. The maximum atomic E-state index is 12.3. The fraction of sp³-hybridized carbons (Fsp3) is 0.762. The number of esters is 2. The second-order valence-corrected chi connectivity index (χ2v) is 7.21. The average Bonchev–Trinajstić information content (AvgIpc) is 2.77. The van der Waals surface area contributed by atoms with Crippen LogP contribution in [-0.4, -0.2) is 98.2 Å². The highest BCUT2D eigenvalue weighted by Gasteiger charge is 2.21. The SMILES string of the molecule is CCC(CO)OC(COC(=O)CCCC(=O)N1CCN(C/C=C/OC(C)=O)CC1)OC. The molecule has 1 rings (SSSR count). The van der Waals surface area contributed by atoms with Crippen LogP contribution < -0.4 is 0 Å². The van der Waals surface area contributed by atoms with Gasteiger partial charge >= 0.3 is 11.9 Å². The number of piperazine rings is 1. The van der Waals surface area contributed by atoms with E-state index in [4.69, 9.17) is 24.1 Å². The zero-order valence-corrected chi connectivity index (χ0v) is 18.8. The van der Waals surface area contributed by atoms with E-state index in [1.54, 1.807) is 11.0 Å². The van der Waals surface area contributed by atoms with Crippen LogP contribution in [0.3, 0.4) is 0 Å². The van der Waals surface area contributed by atoms with Crippen molar-refractivity contribution in [1.82, 2.24) is 9.80 Å². The molecule has 1 saturated heterocycles. The first-order valence-corrected chi connectivity index (χ1v) is 10.7. The highest BCUT2D eigenvalue weighted by Crippen LogP contribution is 2.08. The molecule has 31 heavy (non-hydrogen) atoms. The van der Waals surface area contributed by atoms with Crippen LogP contribution in [0.5, 0.6) is 0 Å². The van der Waals surface area contributed by atoms with Crippen molar-refractivity contribution < 1.29 is 38.4 Å². The van der Waals surface area contributed by atoms with Crippen LogP contribution in [0.2, 0.25) is 0 Å². The van der Waals surface area contributed by atoms with E-state index in [-0.39, 0.29) is 44.0 Å². The zero-order valence-electron chi connectivity index (χ0n) is 18.8. The van der Waals surface area contributed by atoms with Gasteiger partial charge < -0.3 is 29.0 Å². The number of aliphatic hydroxyl groups excluding tert-OH is 1. The molecule has 0 aliphatic carbocycles. The van der Waals surface area contributed by atoms with Crippen molar-refractivity contribution >= 4 is 17.8 Å². The minimum absolute atomic E-state index is 0.0229. The van der Waals surface area contributed by atoms with Crippen molar-refractivity contribution in [3.63, 3.8) is 0 Å². The number of rotatable bonds is 14. The molecular weight excluding hydrogens is 408 g/mol. The molecule has 2 unspecified atom stereocenters. The quantitative estimate of drug-likeness (QED) is 0.235. The van der Waals surface area contributed by atoms with E-state index < -0.39 is 12.3 Å². The molecule has 10 heteroatoms. The Morgan fingerprint density at radius 3 is 2.42 bits per heavy atom. The topological polar surface area (TPSA) is 115 Å². The first kappa shape index (κ1) is 27.0. The smallest absolute Gasteiger partial charge is 0.307 e. The lowest BCUT2D eigenvalue weighted by Crippen LogP contribution is -2.48. The maximum Gasteiger partial charge on any atom is 0.307 e. The third-order valence-electron chi connectivity index (χ3n) is 4.84. The van der Waals surface area contributed by atoms with Crippen LogP contribution in [0.15, 0.2) is 12.3 Å². The van der Waals surface area contributed by atoms with Gasteiger partial charge in [-0.25, -0.2) is 0 Å². The van der Waals surface area contributed by atoms with Gasteiger partial charge in [-0.2, -0.15) is 0 Å². The van der Waals surface area contributed by atoms with Gasteiger partial charge in [0.15, 0.2) is 6.29 Å². The van der Waals surface area contributed by atoms with Crippen molar-refractivity contribution in [2.24, 2.45) is 0 Å². The maximum absolute atomic E-state index is 12.3. The first-order valence-electron chi connectivity index (χ1n) is 10.7. The number of hydrogen-bond acceptors (Lipinski definition) is 9. The van der Waals surface area contributed by atoms with Gasteiger partial charge in [0.05, 0.1) is 19.0 Å². The third kappa shape index (κ3) is 11.8. The van der Waals surface area contributed by atoms with E-state index in [1.807, 2.05) is 6.92 Å². The Balaban J connectivity index is 2.19. The van der Waals surface area contributed by atoms with Crippen molar-refractivity contribution in [1.29, 1.82) is 0 Å². The highest BCUT2D eigenvalue weighted by molar-refractivity contribution is 5.77. The summed E-state index contributed by atoms with van der Waals surface area (Å²) in [6, 6.07) is 0. The number of carbonyl (C=O) groups is 3. The van der Waals surface area contributed by atoms with Gasteiger partial charge in [-0.15, -0.1) is 0 Å². The van der Waals surface area contributed by atoms with Crippen LogP contribution in [0, 0.1) is 0 Å². The molecule has 0 aromatic rings. The molecular formula is C21H36N2O8. The molecule has 10 nitrogen and oxygen atoms in total. The van der Waals surface area contributed by atoms with E-state index in [2.05, 4.69) is 4.90 Å². The number of methoxy groups -OCH3 is 1. The van der Waals surface area contributed by atoms with Crippen molar-refractivity contribution in [2.75, 3.05) is 53.0 Å². The third-order valence-corrected chi connectivity index (χ3v) is 4.84. The summed E-state index contributed by atoms with van der Waals surface area (Å²) in [6.45, 7) is 6.41. The lowest BCUT2D eigenvalue weighted by atomic mass is 10.2. The molecule has 0 aromatic carbocycles. The summed E-state index contributed by atoms with van der Waals surface area (Å²) in [5, 5.41) is 9.16. The number of nitrogens with zero attached hydrogens (tertiary/aromatic N) is 2. The summed E-state index contributed by atoms with van der Waals surface area (Å²) in [5.41, 5.74) is 0. The number of hydrogen-bond donors (Lipinski definition) is 1. The van der Waals surface area contributed by atoms with Gasteiger partial charge in [-0.05, 0) is 18.9 Å². The average molecular weight is 445 g/mol. The fourth-order valence-corrected chi connectivity index (χ4v) is 2.94. The van der Waals surface area contributed by atoms with E-state index in [9.17, 15) is 14.4 Å². The lowest BCUT2D eigenvalue weighted by Gasteiger charge is -2.34. The van der Waals surface area contributed by atoms with Crippen LogP contribution in [-0.2, 0) is 33.3 Å². The van der Waals surface area contributed by atoms with E-state index in [1.165, 1.54) is 20.3 Å². The Bertz CT molecular complexity index is 572. The predicted molar refractivity (Wildman–Crippen MR) is 112 cm³/mol. The molecule has 0 radical (unpaired) electrons. The minimum Gasteiger partial charge on any atom is -0.460 e. The number of ether oxygens (including phenoxy) is 4. The number of carbonyl (C=O) groups excluding carboxylic acids is 3. The summed E-state index contributed by atoms with van der Waals surface area (Å²) >= 11 is 0. The lowest BCUT2D eigenvalue weighted by molar-refractivity contribution is -0.194. The second kappa shape index (κ2) is 15.7. The van der Waals surface area contributed by atoms with Gasteiger partial charge in [0.1, 0.15) is 6.61 Å². The predicted octanol–water partition coefficient (Wildman–Crippen LogP) is 0.681. The fourth-order valence-electron chi connectivity index (χ4n) is 2.94. The molecule has 1 amide bonds. The molecule has 2 atom stereocenters. The van der Waals surface area contributed by atoms with Crippen LogP contribution >= 0.6 is 0 Å². The molecule has 1 aliphatic rings. The Hall–Kier alpha value is -2.01. The molecule has 0 spiro atoms. The monoisotopic (exact) mass is 444 g/mol. The molecule has 0 aromatic heterocycles. The molecule has 1 N–H and O–H groups in total. The zero-order chi connectivity index (χ0) is 23.1. The summed E-state index contributed by atoms with van der Waals surface area (Å²) in [4.78, 5) is 38.9. The summed E-state index contributed by atoms with van der Waals surface area (Å²) in [6.07, 6.45) is 3.51. The number of amides is 1. The highest BCUT2D eigenvalue weighted by atomic mass is 16.7. The Kier molecular flexibility index (Phi) is 13.7. The molecule has 0 saturated carbocycles. The van der Waals surface area contributed by atoms with E-state index >= 15 is 0 Å². The van der Waals surface area contributed by atoms with Gasteiger partial charge in [-0.3, -0.25) is 19.3 Å². The Labute approximate surface area is 184 Å². The van der Waals surface area contributed by atoms with Gasteiger partial charge in [0.2, 0.25) is 5.91 Å². The van der Waals surface area contributed by atoms with E-state index in [0.717, 1.165) is 13.1 Å². The first-order chi connectivity index (χ1) is 14.9. The standard InChI is InChI=1S/C21H36N2O8/c1-4-18(15-24)31-21(28-3)16-30-20(27)8-5-7-19(26)23-12-10-22(11-13-23)9-6-14-29-17(2)25/h6,14,18,21,24H,4-5,7-13,15-16H2,1-3H3/b14-6+. The van der Waals surface area contributed by atoms with Crippen LogP contribution in [0.4, 0.5) is 0 Å². The van der Waals surface area contributed by atoms with Crippen molar-refractivity contribution in [2.45, 2.75) is 51.9 Å². The normalized spacial score (nSPS) is 16.8. The molecule has 178 valence electrons. The molecule has 1 aliphatic heterocycles. The van der Waals surface area contributed by atoms with Gasteiger partial charge in [0.25, 0.3) is 0 Å². The van der Waals surface area contributed by atoms with Gasteiger partial charge in [-0.1, -0.05) is 6.92 Å². The Morgan fingerprint density at radius 1 is 1.13 bits per heavy atom. The van der Waals surface area contributed by atoms with Crippen molar-refractivity contribution in [3.05, 3.63) is 12.3 Å².